The molecule has 68 valence electrons. The minimum absolute atomic E-state index is 0.809. The highest BCUT2D eigenvalue weighted by Gasteiger charge is 2.13. The molecule has 0 N–H and O–H groups in total. The Balaban J connectivity index is 2.51. The van der Waals surface area contributed by atoms with Gasteiger partial charge in [0.2, 0.25) is 0 Å². The molecule has 0 aliphatic carbocycles. The number of allylic oxidation sites excluding steroid dienone is 1. The van der Waals surface area contributed by atoms with Crippen LogP contribution in [-0.4, -0.2) is 18.0 Å². The standard InChI is InChI=1S/C11H19N/c1-4-11(3)12-8-6-5-7-10(2)9-12/h4,10H,1,3,5-9H2,2H3. The number of likely N-dealkylation sites (tertiary alicyclic amines) is 1. The van der Waals surface area contributed by atoms with Gasteiger partial charge in [-0.1, -0.05) is 26.5 Å². The van der Waals surface area contributed by atoms with Crippen molar-refractivity contribution in [1.82, 2.24) is 4.90 Å². The molecule has 0 aromatic rings. The fourth-order valence-electron chi connectivity index (χ4n) is 1.74. The normalized spacial score (nSPS) is 24.8. The minimum Gasteiger partial charge on any atom is -0.372 e. The SMILES string of the molecule is C=CC(=C)N1CCCCC(C)C1. The average molecular weight is 165 g/mol. The van der Waals surface area contributed by atoms with Crippen LogP contribution in [0.15, 0.2) is 24.9 Å². The maximum absolute atomic E-state index is 3.98. The zero-order valence-electron chi connectivity index (χ0n) is 8.05. The Bertz CT molecular complexity index is 172. The predicted octanol–water partition coefficient (Wildman–Crippen LogP) is 2.81. The first-order chi connectivity index (χ1) is 5.74. The molecule has 0 aromatic carbocycles. The van der Waals surface area contributed by atoms with Crippen molar-refractivity contribution in [3.05, 3.63) is 24.9 Å². The maximum atomic E-state index is 3.98. The molecule has 1 aliphatic heterocycles. The molecule has 1 aliphatic rings. The fourth-order valence-corrected chi connectivity index (χ4v) is 1.74. The molecule has 1 saturated heterocycles. The van der Waals surface area contributed by atoms with Crippen LogP contribution in [0.5, 0.6) is 0 Å². The number of rotatable bonds is 2. The van der Waals surface area contributed by atoms with E-state index >= 15 is 0 Å². The van der Waals surface area contributed by atoms with Gasteiger partial charge in [-0.05, 0) is 24.8 Å². The molecule has 12 heavy (non-hydrogen) atoms. The van der Waals surface area contributed by atoms with Crippen LogP contribution >= 0.6 is 0 Å². The van der Waals surface area contributed by atoms with E-state index in [1.54, 1.807) is 0 Å². The lowest BCUT2D eigenvalue weighted by atomic mass is 10.1. The Labute approximate surface area is 75.8 Å². The number of hydrogen-bond donors (Lipinski definition) is 0. The molecule has 0 spiro atoms. The highest BCUT2D eigenvalue weighted by Crippen LogP contribution is 2.18. The van der Waals surface area contributed by atoms with E-state index < -0.39 is 0 Å². The van der Waals surface area contributed by atoms with E-state index in [1.807, 2.05) is 6.08 Å². The molecule has 0 radical (unpaired) electrons. The lowest BCUT2D eigenvalue weighted by molar-refractivity contribution is 0.329. The van der Waals surface area contributed by atoms with Crippen LogP contribution in [0.1, 0.15) is 26.2 Å². The highest BCUT2D eigenvalue weighted by molar-refractivity contribution is 5.10. The molecule has 1 atom stereocenters. The summed E-state index contributed by atoms with van der Waals surface area (Å²) in [7, 11) is 0. The number of nitrogens with zero attached hydrogens (tertiary/aromatic N) is 1. The van der Waals surface area contributed by atoms with Crippen LogP contribution in [-0.2, 0) is 0 Å². The van der Waals surface area contributed by atoms with Gasteiger partial charge in [-0.15, -0.1) is 0 Å². The molecule has 0 bridgehead atoms. The second kappa shape index (κ2) is 4.34. The number of hydrogen-bond acceptors (Lipinski definition) is 1. The van der Waals surface area contributed by atoms with Gasteiger partial charge in [0.15, 0.2) is 0 Å². The van der Waals surface area contributed by atoms with E-state index in [-0.39, 0.29) is 0 Å². The summed E-state index contributed by atoms with van der Waals surface area (Å²) in [6, 6.07) is 0. The van der Waals surface area contributed by atoms with Crippen molar-refractivity contribution in [2.75, 3.05) is 13.1 Å². The summed E-state index contributed by atoms with van der Waals surface area (Å²) in [6.45, 7) is 12.4. The second-order valence-corrected chi connectivity index (χ2v) is 3.74. The molecule has 0 amide bonds. The van der Waals surface area contributed by atoms with Gasteiger partial charge in [-0.2, -0.15) is 0 Å². The first-order valence-electron chi connectivity index (χ1n) is 4.80. The van der Waals surface area contributed by atoms with Crippen LogP contribution in [0.3, 0.4) is 0 Å². The largest absolute Gasteiger partial charge is 0.372 e. The zero-order chi connectivity index (χ0) is 8.97. The van der Waals surface area contributed by atoms with Crippen LogP contribution in [0.4, 0.5) is 0 Å². The van der Waals surface area contributed by atoms with Crippen molar-refractivity contribution in [2.45, 2.75) is 26.2 Å². The summed E-state index contributed by atoms with van der Waals surface area (Å²) in [6.07, 6.45) is 5.89. The minimum atomic E-state index is 0.809. The Morgan fingerprint density at radius 2 is 2.25 bits per heavy atom. The van der Waals surface area contributed by atoms with Crippen molar-refractivity contribution in [3.63, 3.8) is 0 Å². The third-order valence-electron chi connectivity index (χ3n) is 2.55. The first-order valence-corrected chi connectivity index (χ1v) is 4.80. The molecular formula is C11H19N. The van der Waals surface area contributed by atoms with Crippen LogP contribution < -0.4 is 0 Å². The Kier molecular flexibility index (Phi) is 3.39. The maximum Gasteiger partial charge on any atom is 0.0287 e. The third-order valence-corrected chi connectivity index (χ3v) is 2.55. The third kappa shape index (κ3) is 2.40. The van der Waals surface area contributed by atoms with E-state index in [2.05, 4.69) is 25.0 Å². The summed E-state index contributed by atoms with van der Waals surface area (Å²) >= 11 is 0. The highest BCUT2D eigenvalue weighted by atomic mass is 15.1. The second-order valence-electron chi connectivity index (χ2n) is 3.74. The van der Waals surface area contributed by atoms with Gasteiger partial charge >= 0.3 is 0 Å². The smallest absolute Gasteiger partial charge is 0.0287 e. The van der Waals surface area contributed by atoms with Crippen molar-refractivity contribution in [3.8, 4) is 0 Å². The van der Waals surface area contributed by atoms with Gasteiger partial charge in [0.05, 0.1) is 0 Å². The molecule has 1 fully saturated rings. The fraction of sp³-hybridized carbons (Fsp3) is 0.636. The van der Waals surface area contributed by atoms with Crippen molar-refractivity contribution >= 4 is 0 Å². The van der Waals surface area contributed by atoms with Crippen LogP contribution in [0.25, 0.3) is 0 Å². The van der Waals surface area contributed by atoms with Crippen LogP contribution in [0, 0.1) is 5.92 Å². The monoisotopic (exact) mass is 165 g/mol. The molecule has 1 nitrogen and oxygen atoms in total. The lowest BCUT2D eigenvalue weighted by Crippen LogP contribution is -2.25. The molecule has 0 saturated carbocycles. The topological polar surface area (TPSA) is 3.24 Å². The van der Waals surface area contributed by atoms with E-state index in [0.29, 0.717) is 0 Å². The molecule has 0 aromatic heterocycles. The molecule has 1 rings (SSSR count). The molecule has 1 heterocycles. The van der Waals surface area contributed by atoms with E-state index in [0.717, 1.165) is 24.7 Å². The van der Waals surface area contributed by atoms with Crippen molar-refractivity contribution in [1.29, 1.82) is 0 Å². The average Bonchev–Trinajstić information content (AvgIpc) is 2.28. The summed E-state index contributed by atoms with van der Waals surface area (Å²) in [5.41, 5.74) is 1.09. The van der Waals surface area contributed by atoms with Gasteiger partial charge in [0.1, 0.15) is 0 Å². The van der Waals surface area contributed by atoms with E-state index in [9.17, 15) is 0 Å². The summed E-state index contributed by atoms with van der Waals surface area (Å²) in [4.78, 5) is 2.35. The Morgan fingerprint density at radius 1 is 1.50 bits per heavy atom. The molecule has 1 heteroatoms. The van der Waals surface area contributed by atoms with Crippen LogP contribution in [0.2, 0.25) is 0 Å². The van der Waals surface area contributed by atoms with E-state index in [1.165, 1.54) is 19.3 Å². The predicted molar refractivity (Wildman–Crippen MR) is 53.9 cm³/mol. The van der Waals surface area contributed by atoms with Crippen molar-refractivity contribution < 1.29 is 0 Å². The quantitative estimate of drug-likeness (QED) is 0.569. The summed E-state index contributed by atoms with van der Waals surface area (Å²) < 4.78 is 0. The van der Waals surface area contributed by atoms with E-state index in [4.69, 9.17) is 0 Å². The first kappa shape index (κ1) is 9.37. The molecule has 1 unspecified atom stereocenters. The Hall–Kier alpha value is -0.720. The summed E-state index contributed by atoms with van der Waals surface area (Å²) in [5.74, 6) is 0.809. The van der Waals surface area contributed by atoms with Crippen molar-refractivity contribution in [2.24, 2.45) is 5.92 Å². The van der Waals surface area contributed by atoms with Gasteiger partial charge in [0.25, 0.3) is 0 Å². The van der Waals surface area contributed by atoms with Gasteiger partial charge < -0.3 is 4.90 Å². The van der Waals surface area contributed by atoms with Gasteiger partial charge in [0, 0.05) is 18.8 Å². The van der Waals surface area contributed by atoms with Gasteiger partial charge in [-0.3, -0.25) is 0 Å². The zero-order valence-corrected chi connectivity index (χ0v) is 8.05. The van der Waals surface area contributed by atoms with Gasteiger partial charge in [-0.25, -0.2) is 0 Å². The summed E-state index contributed by atoms with van der Waals surface area (Å²) in [5, 5.41) is 0. The molecular weight excluding hydrogens is 146 g/mol. The Morgan fingerprint density at radius 3 is 2.92 bits per heavy atom. The lowest BCUT2D eigenvalue weighted by Gasteiger charge is -2.24.